The average Bonchev–Trinajstić information content (AvgIpc) is 3.11. The average molecular weight is 439 g/mol. The molecule has 0 amide bonds. The summed E-state index contributed by atoms with van der Waals surface area (Å²) >= 11 is 0. The van der Waals surface area contributed by atoms with E-state index in [1.807, 2.05) is 34.9 Å². The van der Waals surface area contributed by atoms with Crippen molar-refractivity contribution < 1.29 is 17.9 Å². The van der Waals surface area contributed by atoms with Crippen molar-refractivity contribution in [2.75, 3.05) is 0 Å². The van der Waals surface area contributed by atoms with Crippen LogP contribution in [0.4, 0.5) is 0 Å². The number of benzene rings is 2. The Morgan fingerprint density at radius 3 is 2.65 bits per heavy atom. The number of esters is 1. The zero-order valence-corrected chi connectivity index (χ0v) is 17.8. The van der Waals surface area contributed by atoms with Gasteiger partial charge in [-0.05, 0) is 36.8 Å². The first-order valence-corrected chi connectivity index (χ1v) is 11.5. The molecule has 8 nitrogen and oxygen atoms in total. The van der Waals surface area contributed by atoms with Gasteiger partial charge >= 0.3 is 5.97 Å². The number of carbonyl (C=O) groups excluding carboxylic acids is 1. The molecular formula is C22H22N4O4S. The normalized spacial score (nSPS) is 11.8. The Morgan fingerprint density at radius 2 is 1.87 bits per heavy atom. The van der Waals surface area contributed by atoms with Crippen LogP contribution in [0.1, 0.15) is 36.1 Å². The van der Waals surface area contributed by atoms with Crippen LogP contribution in [-0.4, -0.2) is 28.9 Å². The van der Waals surface area contributed by atoms with E-state index in [0.717, 1.165) is 23.7 Å². The number of ether oxygens (including phenoxy) is 1. The Morgan fingerprint density at radius 1 is 1.06 bits per heavy atom. The molecule has 31 heavy (non-hydrogen) atoms. The van der Waals surface area contributed by atoms with Crippen molar-refractivity contribution >= 4 is 37.9 Å². The Bertz CT molecular complexity index is 1380. The standard InChI is InChI=1S/C22H22N4O4S/c1-2-3-12-26-20-11-9-16(31(23,28)29)13-19(20)25-21(26)14-30-22(27)18-10-8-15-6-4-5-7-17(15)24-18/h4-11,13H,2-3,12,14H2,1H3,(H2,23,28,29). The van der Waals surface area contributed by atoms with Crippen molar-refractivity contribution in [3.63, 3.8) is 0 Å². The first kappa shape index (κ1) is 21.0. The number of hydrogen-bond donors (Lipinski definition) is 1. The molecule has 0 aliphatic carbocycles. The number of fused-ring (bicyclic) bond motifs is 2. The number of aromatic nitrogens is 3. The molecule has 0 atom stereocenters. The van der Waals surface area contributed by atoms with E-state index in [-0.39, 0.29) is 17.2 Å². The van der Waals surface area contributed by atoms with Gasteiger partial charge in [-0.2, -0.15) is 0 Å². The predicted octanol–water partition coefficient (Wildman–Crippen LogP) is 3.39. The highest BCUT2D eigenvalue weighted by Crippen LogP contribution is 2.22. The highest BCUT2D eigenvalue weighted by atomic mass is 32.2. The fourth-order valence-corrected chi connectivity index (χ4v) is 3.93. The van der Waals surface area contributed by atoms with Gasteiger partial charge in [0, 0.05) is 11.9 Å². The molecule has 0 fully saturated rings. The Labute approximate surface area is 179 Å². The van der Waals surface area contributed by atoms with Gasteiger partial charge in [-0.1, -0.05) is 37.6 Å². The fraction of sp³-hybridized carbons (Fsp3) is 0.227. The maximum atomic E-state index is 12.6. The number of pyridine rings is 1. The molecule has 0 bridgehead atoms. The summed E-state index contributed by atoms with van der Waals surface area (Å²) in [7, 11) is -3.84. The summed E-state index contributed by atoms with van der Waals surface area (Å²) < 4.78 is 30.8. The van der Waals surface area contributed by atoms with Gasteiger partial charge in [0.1, 0.15) is 18.1 Å². The van der Waals surface area contributed by atoms with E-state index < -0.39 is 16.0 Å². The molecule has 4 aromatic rings. The zero-order chi connectivity index (χ0) is 22.0. The van der Waals surface area contributed by atoms with E-state index in [1.54, 1.807) is 12.1 Å². The number of aryl methyl sites for hydroxylation is 1. The van der Waals surface area contributed by atoms with Gasteiger partial charge < -0.3 is 9.30 Å². The lowest BCUT2D eigenvalue weighted by Gasteiger charge is -2.09. The van der Waals surface area contributed by atoms with Gasteiger partial charge in [0.05, 0.1) is 21.4 Å². The molecule has 0 aliphatic rings. The van der Waals surface area contributed by atoms with Crippen LogP contribution in [0.25, 0.3) is 21.9 Å². The molecule has 2 N–H and O–H groups in total. The summed E-state index contributed by atoms with van der Waals surface area (Å²) in [5, 5.41) is 6.17. The second-order valence-electron chi connectivity index (χ2n) is 7.19. The lowest BCUT2D eigenvalue weighted by Crippen LogP contribution is -2.12. The third-order valence-corrected chi connectivity index (χ3v) is 5.91. The van der Waals surface area contributed by atoms with Gasteiger partial charge in [-0.15, -0.1) is 0 Å². The number of para-hydroxylation sites is 1. The molecule has 2 heterocycles. The van der Waals surface area contributed by atoms with Gasteiger partial charge in [0.15, 0.2) is 0 Å². The van der Waals surface area contributed by atoms with E-state index >= 15 is 0 Å². The first-order chi connectivity index (χ1) is 14.9. The molecule has 0 aliphatic heterocycles. The highest BCUT2D eigenvalue weighted by Gasteiger charge is 2.17. The number of carbonyl (C=O) groups is 1. The Balaban J connectivity index is 1.61. The van der Waals surface area contributed by atoms with Crippen LogP contribution in [0.3, 0.4) is 0 Å². The number of hydrogen-bond acceptors (Lipinski definition) is 6. The third kappa shape index (κ3) is 4.42. The zero-order valence-electron chi connectivity index (χ0n) is 17.0. The predicted molar refractivity (Wildman–Crippen MR) is 117 cm³/mol. The van der Waals surface area contributed by atoms with E-state index in [0.29, 0.717) is 23.4 Å². The summed E-state index contributed by atoms with van der Waals surface area (Å²) in [5.74, 6) is -0.0192. The maximum Gasteiger partial charge on any atom is 0.357 e. The van der Waals surface area contributed by atoms with Crippen molar-refractivity contribution in [3.05, 3.63) is 66.1 Å². The Kier molecular flexibility index (Phi) is 5.71. The molecule has 0 saturated carbocycles. The summed E-state index contributed by atoms with van der Waals surface area (Å²) in [4.78, 5) is 21.4. The number of nitrogens with zero attached hydrogens (tertiary/aromatic N) is 3. The largest absolute Gasteiger partial charge is 0.453 e. The molecule has 2 aromatic carbocycles. The molecule has 9 heteroatoms. The molecule has 160 valence electrons. The fourth-order valence-electron chi connectivity index (χ4n) is 3.40. The number of sulfonamides is 1. The van der Waals surface area contributed by atoms with Crippen LogP contribution in [0, 0.1) is 0 Å². The van der Waals surface area contributed by atoms with Crippen molar-refractivity contribution in [3.8, 4) is 0 Å². The number of rotatable bonds is 7. The monoisotopic (exact) mass is 438 g/mol. The maximum absolute atomic E-state index is 12.6. The van der Waals surface area contributed by atoms with Crippen LogP contribution in [0.15, 0.2) is 59.5 Å². The SMILES string of the molecule is CCCCn1c(COC(=O)c2ccc3ccccc3n2)nc2cc(S(N)(=O)=O)ccc21. The van der Waals surface area contributed by atoms with Crippen molar-refractivity contribution in [1.82, 2.24) is 14.5 Å². The number of primary sulfonamides is 1. The summed E-state index contributed by atoms with van der Waals surface area (Å²) in [5.41, 5.74) is 2.17. The molecule has 4 rings (SSSR count). The van der Waals surface area contributed by atoms with Crippen LogP contribution >= 0.6 is 0 Å². The third-order valence-electron chi connectivity index (χ3n) is 5.00. The minimum Gasteiger partial charge on any atom is -0.453 e. The van der Waals surface area contributed by atoms with E-state index in [1.165, 1.54) is 12.1 Å². The van der Waals surface area contributed by atoms with Crippen LogP contribution in [0.5, 0.6) is 0 Å². The second kappa shape index (κ2) is 8.44. The van der Waals surface area contributed by atoms with E-state index in [9.17, 15) is 13.2 Å². The topological polar surface area (TPSA) is 117 Å². The molecule has 0 spiro atoms. The summed E-state index contributed by atoms with van der Waals surface area (Å²) in [6.45, 7) is 2.68. The number of imidazole rings is 1. The lowest BCUT2D eigenvalue weighted by atomic mass is 10.2. The number of nitrogens with two attached hydrogens (primary N) is 1. The second-order valence-corrected chi connectivity index (χ2v) is 8.76. The lowest BCUT2D eigenvalue weighted by molar-refractivity contribution is 0.0452. The molecule has 0 saturated heterocycles. The molecule has 2 aromatic heterocycles. The van der Waals surface area contributed by atoms with E-state index in [2.05, 4.69) is 16.9 Å². The van der Waals surface area contributed by atoms with E-state index in [4.69, 9.17) is 9.88 Å². The van der Waals surface area contributed by atoms with Crippen molar-refractivity contribution in [2.24, 2.45) is 5.14 Å². The van der Waals surface area contributed by atoms with Crippen molar-refractivity contribution in [1.29, 1.82) is 0 Å². The molecule has 0 unspecified atom stereocenters. The number of unbranched alkanes of at least 4 members (excludes halogenated alkanes) is 1. The van der Waals surface area contributed by atoms with Gasteiger partial charge in [0.25, 0.3) is 0 Å². The van der Waals surface area contributed by atoms with Gasteiger partial charge in [-0.3, -0.25) is 0 Å². The van der Waals surface area contributed by atoms with Crippen LogP contribution in [-0.2, 0) is 27.9 Å². The minimum absolute atomic E-state index is 0.0101. The summed E-state index contributed by atoms with van der Waals surface area (Å²) in [6, 6.07) is 15.5. The summed E-state index contributed by atoms with van der Waals surface area (Å²) in [6.07, 6.45) is 1.87. The smallest absolute Gasteiger partial charge is 0.357 e. The quantitative estimate of drug-likeness (QED) is 0.442. The first-order valence-electron chi connectivity index (χ1n) is 9.91. The van der Waals surface area contributed by atoms with Gasteiger partial charge in [0.2, 0.25) is 10.0 Å². The Hall–Kier alpha value is -3.30. The van der Waals surface area contributed by atoms with Crippen LogP contribution in [0.2, 0.25) is 0 Å². The highest BCUT2D eigenvalue weighted by molar-refractivity contribution is 7.89. The molecule has 0 radical (unpaired) electrons. The van der Waals surface area contributed by atoms with Crippen molar-refractivity contribution in [2.45, 2.75) is 37.8 Å². The molecular weight excluding hydrogens is 416 g/mol. The van der Waals surface area contributed by atoms with Crippen LogP contribution < -0.4 is 5.14 Å². The van der Waals surface area contributed by atoms with Gasteiger partial charge in [-0.25, -0.2) is 28.3 Å². The minimum atomic E-state index is -3.84.